The lowest BCUT2D eigenvalue weighted by Crippen LogP contribution is -2.51. The van der Waals surface area contributed by atoms with E-state index in [2.05, 4.69) is 17.6 Å². The summed E-state index contributed by atoms with van der Waals surface area (Å²) in [5.74, 6) is -2.86. The smallest absolute Gasteiger partial charge is 0.340 e. The minimum absolute atomic E-state index is 0.222. The Balaban J connectivity index is 1.61. The lowest BCUT2D eigenvalue weighted by molar-refractivity contribution is -0.174. The number of allylic oxidation sites excluding steroid dienone is 1. The van der Waals surface area contributed by atoms with Crippen molar-refractivity contribution in [1.29, 1.82) is 0 Å². The zero-order chi connectivity index (χ0) is 31.6. The van der Waals surface area contributed by atoms with Crippen molar-refractivity contribution in [2.45, 2.75) is 77.3 Å². The molecule has 5 rings (SSSR count). The molecule has 0 radical (unpaired) electrons. The van der Waals surface area contributed by atoms with Crippen LogP contribution in [0.15, 0.2) is 78.7 Å². The molecule has 8 unspecified atom stereocenters. The monoisotopic (exact) mass is 601 g/mol. The molecule has 2 saturated carbocycles. The first kappa shape index (κ1) is 31.2. The van der Waals surface area contributed by atoms with E-state index in [0.717, 1.165) is 12.0 Å². The molecule has 9 heteroatoms. The molecule has 0 spiro atoms. The molecule has 1 aromatic heterocycles. The van der Waals surface area contributed by atoms with Crippen molar-refractivity contribution in [3.8, 4) is 0 Å². The first-order valence-corrected chi connectivity index (χ1v) is 15.1. The third kappa shape index (κ3) is 6.77. The van der Waals surface area contributed by atoms with Crippen LogP contribution >= 0.6 is 0 Å². The van der Waals surface area contributed by atoms with Crippen LogP contribution < -0.4 is 0 Å². The Kier molecular flexibility index (Phi) is 9.04. The number of nitrogens with zero attached hydrogens (tertiary/aromatic N) is 1. The van der Waals surface area contributed by atoms with E-state index >= 15 is 0 Å². The minimum Gasteiger partial charge on any atom is -0.458 e. The molecule has 3 aliphatic rings. The van der Waals surface area contributed by atoms with Crippen molar-refractivity contribution >= 4 is 23.9 Å². The lowest BCUT2D eigenvalue weighted by atomic mass is 9.77. The van der Waals surface area contributed by atoms with Gasteiger partial charge >= 0.3 is 23.9 Å². The molecule has 0 aliphatic heterocycles. The number of benzene rings is 1. The summed E-state index contributed by atoms with van der Waals surface area (Å²) >= 11 is 0. The fourth-order valence-electron chi connectivity index (χ4n) is 7.09. The Morgan fingerprint density at radius 1 is 0.909 bits per heavy atom. The maximum Gasteiger partial charge on any atom is 0.340 e. The molecule has 2 fully saturated rings. The van der Waals surface area contributed by atoms with Crippen molar-refractivity contribution in [3.63, 3.8) is 0 Å². The third-order valence-corrected chi connectivity index (χ3v) is 8.90. The highest BCUT2D eigenvalue weighted by atomic mass is 16.6. The molecule has 0 bridgehead atoms. The third-order valence-electron chi connectivity index (χ3n) is 8.90. The standard InChI is InChI=1S/C35H39NO8/c1-20-14-27-15-28(27)16-29(42-34(40)26-12-9-13-36-19-26)22(3)32(41-23(4)37)30-31(43-33(39)25-10-7-6-8-11-25)21(2)18-35(30,17-20)44-24(5)38/h6-14,19,21,27-32H,3,15-18H2,1-2,4-5H3. The zero-order valence-electron chi connectivity index (χ0n) is 25.6. The molecular formula is C35H39NO8. The Morgan fingerprint density at radius 3 is 2.27 bits per heavy atom. The Bertz CT molecular complexity index is 1450. The first-order chi connectivity index (χ1) is 21.0. The molecule has 3 aliphatic carbocycles. The highest BCUT2D eigenvalue weighted by molar-refractivity contribution is 5.90. The van der Waals surface area contributed by atoms with Crippen LogP contribution in [0.4, 0.5) is 0 Å². The summed E-state index contributed by atoms with van der Waals surface area (Å²) in [6, 6.07) is 11.9. The van der Waals surface area contributed by atoms with Crippen LogP contribution in [0.1, 0.15) is 74.1 Å². The van der Waals surface area contributed by atoms with Gasteiger partial charge in [0.25, 0.3) is 0 Å². The number of hydrogen-bond donors (Lipinski definition) is 0. The number of esters is 4. The van der Waals surface area contributed by atoms with Gasteiger partial charge in [0.05, 0.1) is 17.0 Å². The number of carbonyl (C=O) groups is 4. The summed E-state index contributed by atoms with van der Waals surface area (Å²) < 4.78 is 24.5. The molecule has 0 amide bonds. The van der Waals surface area contributed by atoms with Crippen molar-refractivity contribution < 1.29 is 38.1 Å². The van der Waals surface area contributed by atoms with Gasteiger partial charge in [-0.15, -0.1) is 0 Å². The highest BCUT2D eigenvalue weighted by Crippen LogP contribution is 2.54. The number of fused-ring (bicyclic) bond motifs is 2. The van der Waals surface area contributed by atoms with Crippen LogP contribution in [0, 0.1) is 23.7 Å². The average molecular weight is 602 g/mol. The van der Waals surface area contributed by atoms with Gasteiger partial charge in [-0.2, -0.15) is 0 Å². The molecule has 8 atom stereocenters. The SMILES string of the molecule is C=C1C(OC(=O)c2cccnc2)CC2CC2C=C(C)CC2(OC(C)=O)CC(C)C(OC(=O)c3ccccc3)C2C1OC(C)=O. The largest absolute Gasteiger partial charge is 0.458 e. The van der Waals surface area contributed by atoms with Gasteiger partial charge in [0, 0.05) is 38.2 Å². The van der Waals surface area contributed by atoms with E-state index in [9.17, 15) is 19.2 Å². The van der Waals surface area contributed by atoms with Gasteiger partial charge in [0.1, 0.15) is 23.9 Å². The van der Waals surface area contributed by atoms with Gasteiger partial charge < -0.3 is 18.9 Å². The van der Waals surface area contributed by atoms with E-state index in [1.807, 2.05) is 13.8 Å². The Hall–Kier alpha value is -4.27. The van der Waals surface area contributed by atoms with Crippen molar-refractivity contribution in [2.75, 3.05) is 0 Å². The molecule has 1 heterocycles. The van der Waals surface area contributed by atoms with E-state index in [4.69, 9.17) is 18.9 Å². The first-order valence-electron chi connectivity index (χ1n) is 15.1. The van der Waals surface area contributed by atoms with Gasteiger partial charge in [-0.3, -0.25) is 14.6 Å². The second kappa shape index (κ2) is 12.8. The summed E-state index contributed by atoms with van der Waals surface area (Å²) in [5.41, 5.74) is 0.815. The average Bonchev–Trinajstić information content (AvgIpc) is 3.65. The topological polar surface area (TPSA) is 118 Å². The van der Waals surface area contributed by atoms with E-state index in [-0.39, 0.29) is 23.3 Å². The second-order valence-corrected chi connectivity index (χ2v) is 12.4. The predicted molar refractivity (Wildman–Crippen MR) is 160 cm³/mol. The molecule has 0 saturated heterocycles. The maximum absolute atomic E-state index is 13.4. The summed E-state index contributed by atoms with van der Waals surface area (Å²) in [5, 5.41) is 0. The van der Waals surface area contributed by atoms with Crippen LogP contribution in [-0.2, 0) is 28.5 Å². The molecule has 0 N–H and O–H groups in total. The van der Waals surface area contributed by atoms with Crippen LogP contribution in [0.25, 0.3) is 0 Å². The summed E-state index contributed by atoms with van der Waals surface area (Å²) in [7, 11) is 0. The number of aromatic nitrogens is 1. The van der Waals surface area contributed by atoms with Crippen LogP contribution in [0.5, 0.6) is 0 Å². The van der Waals surface area contributed by atoms with Crippen molar-refractivity contribution in [2.24, 2.45) is 23.7 Å². The second-order valence-electron chi connectivity index (χ2n) is 12.4. The van der Waals surface area contributed by atoms with Crippen LogP contribution in [-0.4, -0.2) is 52.8 Å². The number of rotatable bonds is 6. The molecule has 9 nitrogen and oxygen atoms in total. The lowest BCUT2D eigenvalue weighted by Gasteiger charge is -2.42. The summed E-state index contributed by atoms with van der Waals surface area (Å²) in [6.07, 6.45) is 4.52. The minimum atomic E-state index is -1.19. The van der Waals surface area contributed by atoms with E-state index in [1.54, 1.807) is 48.7 Å². The van der Waals surface area contributed by atoms with Gasteiger partial charge in [-0.05, 0) is 68.2 Å². The van der Waals surface area contributed by atoms with Crippen LogP contribution in [0.2, 0.25) is 0 Å². The molecule has 1 aromatic carbocycles. The Labute approximate surface area is 257 Å². The van der Waals surface area contributed by atoms with Crippen LogP contribution in [0.3, 0.4) is 0 Å². The van der Waals surface area contributed by atoms with Gasteiger partial charge in [0.2, 0.25) is 0 Å². The van der Waals surface area contributed by atoms with Gasteiger partial charge in [0.15, 0.2) is 0 Å². The van der Waals surface area contributed by atoms with Crippen molar-refractivity contribution in [3.05, 3.63) is 89.8 Å². The number of carbonyl (C=O) groups excluding carboxylic acids is 4. The zero-order valence-corrected chi connectivity index (χ0v) is 25.6. The molecule has 232 valence electrons. The summed E-state index contributed by atoms with van der Waals surface area (Å²) in [6.45, 7) is 10.9. The quantitative estimate of drug-likeness (QED) is 0.235. The number of pyridine rings is 1. The van der Waals surface area contributed by atoms with E-state index < -0.39 is 53.7 Å². The molecular weight excluding hydrogens is 562 g/mol. The maximum atomic E-state index is 13.4. The number of ether oxygens (including phenoxy) is 4. The summed E-state index contributed by atoms with van der Waals surface area (Å²) in [4.78, 5) is 56.2. The van der Waals surface area contributed by atoms with Gasteiger partial charge in [-0.25, -0.2) is 9.59 Å². The van der Waals surface area contributed by atoms with E-state index in [0.29, 0.717) is 30.4 Å². The fraction of sp³-hybridized carbons (Fsp3) is 0.457. The highest BCUT2D eigenvalue weighted by Gasteiger charge is 2.61. The Morgan fingerprint density at radius 2 is 1.61 bits per heavy atom. The van der Waals surface area contributed by atoms with Gasteiger partial charge in [-0.1, -0.05) is 43.4 Å². The van der Waals surface area contributed by atoms with E-state index in [1.165, 1.54) is 20.0 Å². The molecule has 2 aromatic rings. The normalized spacial score (nSPS) is 31.2. The number of hydrogen-bond acceptors (Lipinski definition) is 9. The molecule has 44 heavy (non-hydrogen) atoms. The predicted octanol–water partition coefficient (Wildman–Crippen LogP) is 5.65. The van der Waals surface area contributed by atoms with Crippen molar-refractivity contribution in [1.82, 2.24) is 4.98 Å². The fourth-order valence-corrected chi connectivity index (χ4v) is 7.09.